The summed E-state index contributed by atoms with van der Waals surface area (Å²) in [5, 5.41) is 0.241. The van der Waals surface area contributed by atoms with Crippen LogP contribution in [0.3, 0.4) is 0 Å². The highest BCUT2D eigenvalue weighted by molar-refractivity contribution is 6.32. The lowest BCUT2D eigenvalue weighted by molar-refractivity contribution is 0.104. The van der Waals surface area contributed by atoms with Gasteiger partial charge in [-0.3, -0.25) is 4.79 Å². The lowest BCUT2D eigenvalue weighted by Crippen LogP contribution is -1.99. The average molecular weight is 321 g/mol. The summed E-state index contributed by atoms with van der Waals surface area (Å²) in [5.41, 5.74) is 0.525. The van der Waals surface area contributed by atoms with Gasteiger partial charge in [0.05, 0.1) is 24.8 Å². The van der Waals surface area contributed by atoms with Crippen molar-refractivity contribution in [2.45, 2.75) is 0 Å². The molecule has 114 valence electrons. The summed E-state index contributed by atoms with van der Waals surface area (Å²) in [6.07, 6.45) is 2.61. The zero-order chi connectivity index (χ0) is 16.1. The minimum Gasteiger partial charge on any atom is -0.497 e. The molecular weight excluding hydrogens is 307 g/mol. The fourth-order valence-corrected chi connectivity index (χ4v) is 2.15. The van der Waals surface area contributed by atoms with Gasteiger partial charge in [-0.05, 0) is 36.4 Å². The molecule has 0 aliphatic rings. The number of carbonyl (C=O) groups excluding carboxylic acids is 1. The molecule has 3 nitrogen and oxygen atoms in total. The molecule has 0 bridgehead atoms. The molecule has 0 atom stereocenters. The van der Waals surface area contributed by atoms with Crippen LogP contribution in [-0.2, 0) is 0 Å². The Balaban J connectivity index is 2.31. The molecule has 22 heavy (non-hydrogen) atoms. The van der Waals surface area contributed by atoms with Crippen LogP contribution in [0, 0.1) is 5.82 Å². The standard InChI is InChI=1S/C17H14ClFO3/c1-21-11-6-7-13(17(10-11)22-2)16(20)9-8-12-14(18)4-3-5-15(12)19/h3-10H,1-2H3. The van der Waals surface area contributed by atoms with E-state index in [9.17, 15) is 9.18 Å². The summed E-state index contributed by atoms with van der Waals surface area (Å²) in [6, 6.07) is 9.19. The molecule has 0 saturated heterocycles. The SMILES string of the molecule is COc1ccc(C(=O)C=Cc2c(F)cccc2Cl)c(OC)c1. The quantitative estimate of drug-likeness (QED) is 0.605. The fraction of sp³-hybridized carbons (Fsp3) is 0.118. The number of rotatable bonds is 5. The van der Waals surface area contributed by atoms with Crippen LogP contribution in [0.5, 0.6) is 11.5 Å². The van der Waals surface area contributed by atoms with Gasteiger partial charge in [-0.2, -0.15) is 0 Å². The summed E-state index contributed by atoms with van der Waals surface area (Å²) < 4.78 is 23.9. The second-order valence-electron chi connectivity index (χ2n) is 4.40. The van der Waals surface area contributed by atoms with Crippen LogP contribution < -0.4 is 9.47 Å². The van der Waals surface area contributed by atoms with Crippen molar-refractivity contribution < 1.29 is 18.7 Å². The van der Waals surface area contributed by atoms with Gasteiger partial charge in [-0.1, -0.05) is 17.7 Å². The molecule has 5 heteroatoms. The maximum Gasteiger partial charge on any atom is 0.189 e. The number of hydrogen-bond acceptors (Lipinski definition) is 3. The Labute approximate surface area is 132 Å². The minimum absolute atomic E-state index is 0.171. The molecule has 2 rings (SSSR count). The first-order valence-electron chi connectivity index (χ1n) is 6.45. The van der Waals surface area contributed by atoms with Gasteiger partial charge in [0.25, 0.3) is 0 Å². The van der Waals surface area contributed by atoms with E-state index in [4.69, 9.17) is 21.1 Å². The van der Waals surface area contributed by atoms with Gasteiger partial charge in [-0.15, -0.1) is 0 Å². The number of allylic oxidation sites excluding steroid dienone is 1. The largest absolute Gasteiger partial charge is 0.497 e. The van der Waals surface area contributed by atoms with Gasteiger partial charge in [0.1, 0.15) is 17.3 Å². The second-order valence-corrected chi connectivity index (χ2v) is 4.81. The normalized spacial score (nSPS) is 10.7. The first-order valence-corrected chi connectivity index (χ1v) is 6.83. The van der Waals surface area contributed by atoms with Gasteiger partial charge in [0.15, 0.2) is 5.78 Å². The third-order valence-electron chi connectivity index (χ3n) is 3.08. The maximum absolute atomic E-state index is 13.7. The van der Waals surface area contributed by atoms with Gasteiger partial charge >= 0.3 is 0 Å². The third kappa shape index (κ3) is 3.46. The predicted octanol–water partition coefficient (Wildman–Crippen LogP) is 4.39. The van der Waals surface area contributed by atoms with Crippen molar-refractivity contribution in [3.63, 3.8) is 0 Å². The van der Waals surface area contributed by atoms with Crippen molar-refractivity contribution in [1.82, 2.24) is 0 Å². The Morgan fingerprint density at radius 1 is 1.18 bits per heavy atom. The number of carbonyl (C=O) groups is 1. The maximum atomic E-state index is 13.7. The molecule has 2 aromatic carbocycles. The monoisotopic (exact) mass is 320 g/mol. The summed E-state index contributed by atoms with van der Waals surface area (Å²) in [7, 11) is 2.99. The number of ketones is 1. The smallest absolute Gasteiger partial charge is 0.189 e. The van der Waals surface area contributed by atoms with E-state index >= 15 is 0 Å². The highest BCUT2D eigenvalue weighted by Crippen LogP contribution is 2.26. The number of methoxy groups -OCH3 is 2. The molecule has 2 aromatic rings. The molecule has 0 aromatic heterocycles. The Hall–Kier alpha value is -2.33. The lowest BCUT2D eigenvalue weighted by Gasteiger charge is -2.08. The summed E-state index contributed by atoms with van der Waals surface area (Å²) in [6.45, 7) is 0. The van der Waals surface area contributed by atoms with Crippen LogP contribution in [0.2, 0.25) is 5.02 Å². The van der Waals surface area contributed by atoms with Crippen LogP contribution in [0.1, 0.15) is 15.9 Å². The number of hydrogen-bond donors (Lipinski definition) is 0. The summed E-state index contributed by atoms with van der Waals surface area (Å²) in [5.74, 6) is 0.153. The van der Waals surface area contributed by atoms with Crippen LogP contribution >= 0.6 is 11.6 Å². The van der Waals surface area contributed by atoms with E-state index in [2.05, 4.69) is 0 Å². The number of halogens is 2. The number of ether oxygens (including phenoxy) is 2. The van der Waals surface area contributed by atoms with Gasteiger partial charge in [-0.25, -0.2) is 4.39 Å². The first-order chi connectivity index (χ1) is 10.6. The molecule has 0 saturated carbocycles. The van der Waals surface area contributed by atoms with Crippen molar-refractivity contribution in [3.05, 3.63) is 64.4 Å². The molecule has 0 unspecified atom stereocenters. The summed E-state index contributed by atoms with van der Waals surface area (Å²) in [4.78, 5) is 12.2. The molecule has 0 aliphatic heterocycles. The van der Waals surface area contributed by atoms with Gasteiger partial charge < -0.3 is 9.47 Å². The molecule has 0 radical (unpaired) electrons. The second kappa shape index (κ2) is 7.09. The van der Waals surface area contributed by atoms with E-state index in [1.165, 1.54) is 38.5 Å². The van der Waals surface area contributed by atoms with Crippen LogP contribution in [0.4, 0.5) is 4.39 Å². The van der Waals surface area contributed by atoms with Crippen molar-refractivity contribution in [3.8, 4) is 11.5 Å². The lowest BCUT2D eigenvalue weighted by atomic mass is 10.1. The Kier molecular flexibility index (Phi) is 5.17. The Morgan fingerprint density at radius 3 is 2.59 bits per heavy atom. The zero-order valence-corrected chi connectivity index (χ0v) is 12.9. The zero-order valence-electron chi connectivity index (χ0n) is 12.1. The van der Waals surface area contributed by atoms with Crippen LogP contribution in [0.15, 0.2) is 42.5 Å². The highest BCUT2D eigenvalue weighted by atomic mass is 35.5. The van der Waals surface area contributed by atoms with Crippen molar-refractivity contribution in [2.75, 3.05) is 14.2 Å². The molecule has 0 heterocycles. The molecule has 0 N–H and O–H groups in total. The molecule has 0 amide bonds. The van der Waals surface area contributed by atoms with E-state index < -0.39 is 5.82 Å². The molecule has 0 aliphatic carbocycles. The Bertz CT molecular complexity index is 706. The van der Waals surface area contributed by atoms with Crippen molar-refractivity contribution in [1.29, 1.82) is 0 Å². The van der Waals surface area contributed by atoms with Crippen LogP contribution in [-0.4, -0.2) is 20.0 Å². The number of benzene rings is 2. The predicted molar refractivity (Wildman–Crippen MR) is 84.3 cm³/mol. The first kappa shape index (κ1) is 16.0. The third-order valence-corrected chi connectivity index (χ3v) is 3.40. The van der Waals surface area contributed by atoms with Crippen molar-refractivity contribution in [2.24, 2.45) is 0 Å². The minimum atomic E-state index is -0.488. The van der Waals surface area contributed by atoms with Gasteiger partial charge in [0, 0.05) is 11.6 Å². The molecule has 0 fully saturated rings. The van der Waals surface area contributed by atoms with E-state index in [1.807, 2.05) is 0 Å². The summed E-state index contributed by atoms with van der Waals surface area (Å²) >= 11 is 5.91. The topological polar surface area (TPSA) is 35.5 Å². The van der Waals surface area contributed by atoms with E-state index in [-0.39, 0.29) is 16.4 Å². The molecular formula is C17H14ClFO3. The fourth-order valence-electron chi connectivity index (χ4n) is 1.92. The van der Waals surface area contributed by atoms with Gasteiger partial charge in [0.2, 0.25) is 0 Å². The highest BCUT2D eigenvalue weighted by Gasteiger charge is 2.11. The average Bonchev–Trinajstić information content (AvgIpc) is 2.53. The van der Waals surface area contributed by atoms with E-state index in [0.717, 1.165) is 0 Å². The van der Waals surface area contributed by atoms with E-state index in [1.54, 1.807) is 24.3 Å². The van der Waals surface area contributed by atoms with Crippen molar-refractivity contribution >= 4 is 23.5 Å². The van der Waals surface area contributed by atoms with Crippen LogP contribution in [0.25, 0.3) is 6.08 Å². The Morgan fingerprint density at radius 2 is 1.95 bits per heavy atom. The van der Waals surface area contributed by atoms with E-state index in [0.29, 0.717) is 17.1 Å². The molecule has 0 spiro atoms.